The molecule has 2 rings (SSSR count). The SMILES string of the molecule is CCN(CC)c1ccnc(C(=O)N(Cc2ccccc2)C(C)C)c1. The van der Waals surface area contributed by atoms with Crippen LogP contribution in [0.5, 0.6) is 0 Å². The average Bonchev–Trinajstić information content (AvgIpc) is 2.61. The fourth-order valence-corrected chi connectivity index (χ4v) is 2.74. The van der Waals surface area contributed by atoms with E-state index in [9.17, 15) is 4.79 Å². The van der Waals surface area contributed by atoms with E-state index in [1.165, 1.54) is 0 Å². The first kappa shape index (κ1) is 18.0. The smallest absolute Gasteiger partial charge is 0.273 e. The number of hydrogen-bond acceptors (Lipinski definition) is 3. The Bertz CT molecular complexity index is 651. The molecule has 4 nitrogen and oxygen atoms in total. The molecule has 2 aromatic rings. The van der Waals surface area contributed by atoms with E-state index in [-0.39, 0.29) is 11.9 Å². The summed E-state index contributed by atoms with van der Waals surface area (Å²) in [7, 11) is 0. The predicted octanol–water partition coefficient (Wildman–Crippen LogP) is 3.98. The molecule has 0 atom stereocenters. The Morgan fingerprint density at radius 2 is 1.75 bits per heavy atom. The number of carbonyl (C=O) groups is 1. The molecular weight excluding hydrogens is 298 g/mol. The number of anilines is 1. The number of aromatic nitrogens is 1. The average molecular weight is 325 g/mol. The molecule has 128 valence electrons. The molecule has 0 fully saturated rings. The molecule has 0 aliphatic rings. The van der Waals surface area contributed by atoms with Crippen LogP contribution in [0.4, 0.5) is 5.69 Å². The number of benzene rings is 1. The third-order valence-electron chi connectivity index (χ3n) is 4.17. The molecule has 0 spiro atoms. The van der Waals surface area contributed by atoms with E-state index in [1.54, 1.807) is 6.20 Å². The largest absolute Gasteiger partial charge is 0.372 e. The van der Waals surface area contributed by atoms with Crippen molar-refractivity contribution in [3.05, 3.63) is 59.9 Å². The summed E-state index contributed by atoms with van der Waals surface area (Å²) in [6, 6.07) is 14.0. The predicted molar refractivity (Wildman–Crippen MR) is 99.2 cm³/mol. The van der Waals surface area contributed by atoms with Gasteiger partial charge in [-0.1, -0.05) is 30.3 Å². The monoisotopic (exact) mass is 325 g/mol. The van der Waals surface area contributed by atoms with Gasteiger partial charge in [-0.05, 0) is 45.4 Å². The highest BCUT2D eigenvalue weighted by Crippen LogP contribution is 2.17. The highest BCUT2D eigenvalue weighted by molar-refractivity contribution is 5.93. The maximum absolute atomic E-state index is 13.0. The molecule has 1 heterocycles. The summed E-state index contributed by atoms with van der Waals surface area (Å²) >= 11 is 0. The van der Waals surface area contributed by atoms with Gasteiger partial charge >= 0.3 is 0 Å². The minimum Gasteiger partial charge on any atom is -0.372 e. The Morgan fingerprint density at radius 3 is 2.33 bits per heavy atom. The number of nitrogens with zero attached hydrogens (tertiary/aromatic N) is 3. The Balaban J connectivity index is 2.25. The van der Waals surface area contributed by atoms with Crippen LogP contribution >= 0.6 is 0 Å². The third-order valence-corrected chi connectivity index (χ3v) is 4.17. The molecule has 0 aliphatic heterocycles. The van der Waals surface area contributed by atoms with Crippen LogP contribution in [0.2, 0.25) is 0 Å². The zero-order chi connectivity index (χ0) is 17.5. The first-order chi connectivity index (χ1) is 11.6. The van der Waals surface area contributed by atoms with E-state index >= 15 is 0 Å². The lowest BCUT2D eigenvalue weighted by Gasteiger charge is -2.27. The molecule has 0 radical (unpaired) electrons. The maximum atomic E-state index is 13.0. The summed E-state index contributed by atoms with van der Waals surface area (Å²) in [4.78, 5) is 21.4. The van der Waals surface area contributed by atoms with Crippen molar-refractivity contribution in [1.82, 2.24) is 9.88 Å². The van der Waals surface area contributed by atoms with Crippen LogP contribution in [0.1, 0.15) is 43.7 Å². The van der Waals surface area contributed by atoms with Crippen molar-refractivity contribution in [2.45, 2.75) is 40.3 Å². The summed E-state index contributed by atoms with van der Waals surface area (Å²) < 4.78 is 0. The Morgan fingerprint density at radius 1 is 1.08 bits per heavy atom. The van der Waals surface area contributed by atoms with Gasteiger partial charge in [0.25, 0.3) is 5.91 Å². The zero-order valence-corrected chi connectivity index (χ0v) is 15.1. The van der Waals surface area contributed by atoms with E-state index in [4.69, 9.17) is 0 Å². The normalized spacial score (nSPS) is 10.7. The second kappa shape index (κ2) is 8.48. The van der Waals surface area contributed by atoms with Crippen LogP contribution in [0.25, 0.3) is 0 Å². The minimum absolute atomic E-state index is 0.0251. The number of hydrogen-bond donors (Lipinski definition) is 0. The van der Waals surface area contributed by atoms with Gasteiger partial charge in [0.1, 0.15) is 5.69 Å². The molecule has 0 saturated carbocycles. The second-order valence-electron chi connectivity index (χ2n) is 6.08. The van der Waals surface area contributed by atoms with Crippen LogP contribution in [-0.4, -0.2) is 34.9 Å². The summed E-state index contributed by atoms with van der Waals surface area (Å²) in [6.07, 6.45) is 1.72. The van der Waals surface area contributed by atoms with Gasteiger partial charge in [0.05, 0.1) is 0 Å². The number of amides is 1. The first-order valence-corrected chi connectivity index (χ1v) is 8.62. The van der Waals surface area contributed by atoms with Crippen molar-refractivity contribution < 1.29 is 4.79 Å². The molecular formula is C20H27N3O. The summed E-state index contributed by atoms with van der Waals surface area (Å²) in [5, 5.41) is 0. The molecule has 4 heteroatoms. The topological polar surface area (TPSA) is 36.4 Å². The lowest BCUT2D eigenvalue weighted by molar-refractivity contribution is 0.0684. The van der Waals surface area contributed by atoms with E-state index in [0.717, 1.165) is 24.3 Å². The first-order valence-electron chi connectivity index (χ1n) is 8.62. The van der Waals surface area contributed by atoms with Gasteiger partial charge in [-0.3, -0.25) is 9.78 Å². The second-order valence-corrected chi connectivity index (χ2v) is 6.08. The molecule has 0 N–H and O–H groups in total. The van der Waals surface area contributed by atoms with E-state index in [1.807, 2.05) is 61.2 Å². The van der Waals surface area contributed by atoms with Gasteiger partial charge in [-0.25, -0.2) is 0 Å². The van der Waals surface area contributed by atoms with Gasteiger partial charge < -0.3 is 9.80 Å². The van der Waals surface area contributed by atoms with Crippen LogP contribution in [-0.2, 0) is 6.54 Å². The lowest BCUT2D eigenvalue weighted by atomic mass is 10.1. The molecule has 1 aromatic heterocycles. The Kier molecular flexibility index (Phi) is 6.36. The number of carbonyl (C=O) groups excluding carboxylic acids is 1. The number of pyridine rings is 1. The van der Waals surface area contributed by atoms with Crippen molar-refractivity contribution >= 4 is 11.6 Å². The Labute approximate surface area is 145 Å². The van der Waals surface area contributed by atoms with E-state index in [0.29, 0.717) is 12.2 Å². The van der Waals surface area contributed by atoms with E-state index < -0.39 is 0 Å². The fraction of sp³-hybridized carbons (Fsp3) is 0.400. The molecule has 0 bridgehead atoms. The molecule has 1 amide bonds. The highest BCUT2D eigenvalue weighted by atomic mass is 16.2. The fourth-order valence-electron chi connectivity index (χ4n) is 2.74. The summed E-state index contributed by atoms with van der Waals surface area (Å²) in [6.45, 7) is 10.7. The minimum atomic E-state index is -0.0251. The molecule has 0 aliphatic carbocycles. The standard InChI is InChI=1S/C20H27N3O/c1-5-22(6-2)18-12-13-21-19(14-18)20(24)23(16(3)4)15-17-10-8-7-9-11-17/h7-14,16H,5-6,15H2,1-4H3. The maximum Gasteiger partial charge on any atom is 0.273 e. The lowest BCUT2D eigenvalue weighted by Crippen LogP contribution is -2.37. The number of rotatable bonds is 7. The van der Waals surface area contributed by atoms with Crippen LogP contribution < -0.4 is 4.90 Å². The van der Waals surface area contributed by atoms with Gasteiger partial charge in [0.2, 0.25) is 0 Å². The van der Waals surface area contributed by atoms with Gasteiger partial charge in [0.15, 0.2) is 0 Å². The molecule has 1 aromatic carbocycles. The summed E-state index contributed by atoms with van der Waals surface area (Å²) in [5.41, 5.74) is 2.67. The van der Waals surface area contributed by atoms with Gasteiger partial charge in [-0.15, -0.1) is 0 Å². The Hall–Kier alpha value is -2.36. The van der Waals surface area contributed by atoms with Crippen LogP contribution in [0, 0.1) is 0 Å². The third kappa shape index (κ3) is 4.34. The van der Waals surface area contributed by atoms with Crippen molar-refractivity contribution in [2.24, 2.45) is 0 Å². The van der Waals surface area contributed by atoms with Crippen molar-refractivity contribution in [2.75, 3.05) is 18.0 Å². The molecule has 0 saturated heterocycles. The van der Waals surface area contributed by atoms with Crippen LogP contribution in [0.15, 0.2) is 48.7 Å². The van der Waals surface area contributed by atoms with Gasteiger partial charge in [0, 0.05) is 37.6 Å². The quantitative estimate of drug-likeness (QED) is 0.772. The van der Waals surface area contributed by atoms with Crippen molar-refractivity contribution in [3.63, 3.8) is 0 Å². The van der Waals surface area contributed by atoms with Gasteiger partial charge in [-0.2, -0.15) is 0 Å². The van der Waals surface area contributed by atoms with Crippen molar-refractivity contribution in [1.29, 1.82) is 0 Å². The summed E-state index contributed by atoms with van der Waals surface area (Å²) in [5.74, 6) is -0.0251. The molecule has 24 heavy (non-hydrogen) atoms. The zero-order valence-electron chi connectivity index (χ0n) is 15.1. The molecule has 0 unspecified atom stereocenters. The van der Waals surface area contributed by atoms with E-state index in [2.05, 4.69) is 23.7 Å². The van der Waals surface area contributed by atoms with Crippen molar-refractivity contribution in [3.8, 4) is 0 Å². The highest BCUT2D eigenvalue weighted by Gasteiger charge is 2.21. The van der Waals surface area contributed by atoms with Crippen LogP contribution in [0.3, 0.4) is 0 Å².